The van der Waals surface area contributed by atoms with Crippen molar-refractivity contribution in [2.24, 2.45) is 11.8 Å². The maximum Gasteiger partial charge on any atom is 0.280 e. The molecule has 0 saturated carbocycles. The first-order valence-corrected chi connectivity index (χ1v) is 12.2. The van der Waals surface area contributed by atoms with Crippen LogP contribution in [0.1, 0.15) is 46.8 Å². The van der Waals surface area contributed by atoms with Gasteiger partial charge in [-0.25, -0.2) is 4.98 Å². The lowest BCUT2D eigenvalue weighted by atomic mass is 9.99. The molecular formula is C20H29N6O5P. The Morgan fingerprint density at radius 2 is 2.25 bits per heavy atom. The molecule has 2 N–H and O–H groups in total. The lowest BCUT2D eigenvalue weighted by Gasteiger charge is -2.25. The van der Waals surface area contributed by atoms with Gasteiger partial charge in [0.05, 0.1) is 31.5 Å². The number of nitriles is 1. The molecule has 1 fully saturated rings. The molecule has 3 heterocycles. The van der Waals surface area contributed by atoms with E-state index in [9.17, 15) is 9.59 Å². The van der Waals surface area contributed by atoms with Gasteiger partial charge in [-0.2, -0.15) is 10.2 Å². The number of nitrogens with one attached hydrogen (secondary N) is 2. The Labute approximate surface area is 187 Å². The average Bonchev–Trinajstić information content (AvgIpc) is 3.29. The summed E-state index contributed by atoms with van der Waals surface area (Å²) in [7, 11) is -1.24. The van der Waals surface area contributed by atoms with Crippen molar-refractivity contribution in [1.82, 2.24) is 19.5 Å². The highest BCUT2D eigenvalue weighted by atomic mass is 31.2. The van der Waals surface area contributed by atoms with Gasteiger partial charge in [0.15, 0.2) is 25.8 Å². The Bertz CT molecular complexity index is 1050. The minimum atomic E-state index is -1.24. The van der Waals surface area contributed by atoms with Crippen molar-refractivity contribution >= 4 is 31.4 Å². The molecule has 0 aliphatic carbocycles. The Balaban J connectivity index is 1.93. The van der Waals surface area contributed by atoms with E-state index < -0.39 is 20.2 Å². The maximum atomic E-state index is 12.5. The molecular weight excluding hydrogens is 435 g/mol. The van der Waals surface area contributed by atoms with Crippen LogP contribution in [-0.4, -0.2) is 50.9 Å². The standard InChI is InChI=1S/C20H29N6O5P/c1-6-13-12(4)15(31-32(5)29-9-7-8-21)19(30-13)26-10-22-14-16(26)23-20(25-18(14)28)24-17(27)11(2)3/h10-13,15,19H,6-7,9H2,1-5H3,(H2,23,24,25,27,28). The predicted molar refractivity (Wildman–Crippen MR) is 119 cm³/mol. The summed E-state index contributed by atoms with van der Waals surface area (Å²) in [4.78, 5) is 35.8. The number of H-pyrrole nitrogens is 1. The third kappa shape index (κ3) is 5.15. The molecule has 32 heavy (non-hydrogen) atoms. The molecule has 5 unspecified atom stereocenters. The zero-order valence-corrected chi connectivity index (χ0v) is 19.8. The fraction of sp³-hybridized carbons (Fsp3) is 0.650. The fourth-order valence-corrected chi connectivity index (χ4v) is 4.59. The Hall–Kier alpha value is -2.38. The van der Waals surface area contributed by atoms with Gasteiger partial charge in [0.1, 0.15) is 6.10 Å². The molecule has 2 aromatic heterocycles. The second-order valence-corrected chi connectivity index (χ2v) is 9.31. The van der Waals surface area contributed by atoms with Crippen molar-refractivity contribution in [2.45, 2.75) is 59.0 Å². The van der Waals surface area contributed by atoms with E-state index in [4.69, 9.17) is 19.0 Å². The van der Waals surface area contributed by atoms with E-state index in [1.54, 1.807) is 18.4 Å². The molecule has 174 valence electrons. The number of imidazole rings is 1. The van der Waals surface area contributed by atoms with Gasteiger partial charge in [-0.15, -0.1) is 0 Å². The first-order valence-electron chi connectivity index (χ1n) is 10.6. The topological polar surface area (TPSA) is 144 Å². The Morgan fingerprint density at radius 3 is 2.91 bits per heavy atom. The van der Waals surface area contributed by atoms with E-state index in [1.165, 1.54) is 6.33 Å². The summed E-state index contributed by atoms with van der Waals surface area (Å²) in [6.07, 6.45) is 1.56. The summed E-state index contributed by atoms with van der Waals surface area (Å²) in [5, 5.41) is 11.3. The van der Waals surface area contributed by atoms with Gasteiger partial charge in [0.25, 0.3) is 5.56 Å². The molecule has 2 aromatic rings. The van der Waals surface area contributed by atoms with Crippen LogP contribution in [0.5, 0.6) is 0 Å². The number of amides is 1. The highest BCUT2D eigenvalue weighted by molar-refractivity contribution is 7.46. The Kier molecular flexibility index (Phi) is 7.96. The zero-order chi connectivity index (χ0) is 23.4. The molecule has 0 radical (unpaired) electrons. The first-order chi connectivity index (χ1) is 15.3. The van der Waals surface area contributed by atoms with Crippen molar-refractivity contribution in [3.05, 3.63) is 16.7 Å². The fourth-order valence-electron chi connectivity index (χ4n) is 3.55. The monoisotopic (exact) mass is 464 g/mol. The summed E-state index contributed by atoms with van der Waals surface area (Å²) in [5.41, 5.74) is -0.0198. The molecule has 0 spiro atoms. The second-order valence-electron chi connectivity index (χ2n) is 7.97. The number of fused-ring (bicyclic) bond motifs is 1. The number of aromatic nitrogens is 4. The highest BCUT2D eigenvalue weighted by Gasteiger charge is 2.44. The van der Waals surface area contributed by atoms with Gasteiger partial charge >= 0.3 is 0 Å². The van der Waals surface area contributed by atoms with E-state index in [0.29, 0.717) is 12.3 Å². The number of carbonyl (C=O) groups is 1. The van der Waals surface area contributed by atoms with Crippen LogP contribution in [0.15, 0.2) is 11.1 Å². The highest BCUT2D eigenvalue weighted by Crippen LogP contribution is 2.46. The largest absolute Gasteiger partial charge is 0.352 e. The van der Waals surface area contributed by atoms with Crippen LogP contribution in [-0.2, 0) is 18.6 Å². The third-order valence-electron chi connectivity index (χ3n) is 5.33. The van der Waals surface area contributed by atoms with Crippen LogP contribution in [0.4, 0.5) is 5.95 Å². The van der Waals surface area contributed by atoms with E-state index in [-0.39, 0.29) is 47.8 Å². The summed E-state index contributed by atoms with van der Waals surface area (Å²) in [6, 6.07) is 2.05. The number of hydrogen-bond acceptors (Lipinski definition) is 8. The van der Waals surface area contributed by atoms with Crippen LogP contribution < -0.4 is 10.9 Å². The van der Waals surface area contributed by atoms with Crippen LogP contribution in [0.3, 0.4) is 0 Å². The van der Waals surface area contributed by atoms with Crippen molar-refractivity contribution in [3.63, 3.8) is 0 Å². The second kappa shape index (κ2) is 10.5. The summed E-state index contributed by atoms with van der Waals surface area (Å²) < 4.78 is 19.8. The zero-order valence-electron chi connectivity index (χ0n) is 18.9. The van der Waals surface area contributed by atoms with E-state index in [0.717, 1.165) is 6.42 Å². The van der Waals surface area contributed by atoms with Crippen molar-refractivity contribution in [3.8, 4) is 6.07 Å². The third-order valence-corrected chi connectivity index (χ3v) is 6.42. The molecule has 5 atom stereocenters. The van der Waals surface area contributed by atoms with Gasteiger partial charge in [-0.1, -0.05) is 27.7 Å². The van der Waals surface area contributed by atoms with Crippen molar-refractivity contribution in [1.29, 1.82) is 5.26 Å². The quantitative estimate of drug-likeness (QED) is 0.426. The Morgan fingerprint density at radius 1 is 1.50 bits per heavy atom. The SMILES string of the molecule is CCC1OC(n2cnc3c(=O)[nH]c(NC(=O)C(C)C)nc32)C(OP(C)OCCC#N)C1C. The van der Waals surface area contributed by atoms with E-state index in [2.05, 4.69) is 20.3 Å². The summed E-state index contributed by atoms with van der Waals surface area (Å²) in [6.45, 7) is 9.71. The number of rotatable bonds is 9. The molecule has 1 aliphatic rings. The van der Waals surface area contributed by atoms with E-state index >= 15 is 0 Å². The summed E-state index contributed by atoms with van der Waals surface area (Å²) >= 11 is 0. The molecule has 11 nitrogen and oxygen atoms in total. The van der Waals surface area contributed by atoms with Crippen LogP contribution in [0.2, 0.25) is 0 Å². The predicted octanol–water partition coefficient (Wildman–Crippen LogP) is 2.91. The molecule has 1 saturated heterocycles. The van der Waals surface area contributed by atoms with E-state index in [1.807, 2.05) is 26.6 Å². The van der Waals surface area contributed by atoms with Crippen molar-refractivity contribution in [2.75, 3.05) is 18.6 Å². The summed E-state index contributed by atoms with van der Waals surface area (Å²) in [5.74, 6) is -0.430. The minimum Gasteiger partial charge on any atom is -0.352 e. The van der Waals surface area contributed by atoms with Gasteiger partial charge in [-0.05, 0) is 6.42 Å². The smallest absolute Gasteiger partial charge is 0.280 e. The molecule has 3 rings (SSSR count). The molecule has 0 aromatic carbocycles. The average molecular weight is 464 g/mol. The van der Waals surface area contributed by atoms with Gasteiger partial charge in [0, 0.05) is 18.5 Å². The number of ether oxygens (including phenoxy) is 1. The van der Waals surface area contributed by atoms with Crippen molar-refractivity contribution < 1.29 is 18.6 Å². The van der Waals surface area contributed by atoms with Gasteiger partial charge < -0.3 is 13.8 Å². The molecule has 12 heteroatoms. The molecule has 1 aliphatic heterocycles. The number of nitrogens with zero attached hydrogens (tertiary/aromatic N) is 4. The number of anilines is 1. The normalized spacial score (nSPS) is 24.0. The molecule has 0 bridgehead atoms. The van der Waals surface area contributed by atoms with Crippen LogP contribution >= 0.6 is 8.38 Å². The number of hydrogen-bond donors (Lipinski definition) is 2. The number of aromatic amines is 1. The van der Waals surface area contributed by atoms with Crippen LogP contribution in [0, 0.1) is 23.2 Å². The molecule has 1 amide bonds. The van der Waals surface area contributed by atoms with Crippen LogP contribution in [0.25, 0.3) is 11.2 Å². The maximum absolute atomic E-state index is 12.5. The van der Waals surface area contributed by atoms with Gasteiger partial charge in [0.2, 0.25) is 11.9 Å². The lowest BCUT2D eigenvalue weighted by Crippen LogP contribution is -2.27. The number of carbonyl (C=O) groups excluding carboxylic acids is 1. The van der Waals surface area contributed by atoms with Gasteiger partial charge in [-0.3, -0.25) is 24.5 Å². The minimum absolute atomic E-state index is 0.0501. The lowest BCUT2D eigenvalue weighted by molar-refractivity contribution is -0.118. The first kappa shape index (κ1) is 24.3.